The Morgan fingerprint density at radius 2 is 2.12 bits per heavy atom. The Morgan fingerprint density at radius 1 is 1.29 bits per heavy atom. The van der Waals surface area contributed by atoms with Crippen LogP contribution in [0.1, 0.15) is 18.1 Å². The lowest BCUT2D eigenvalue weighted by Crippen LogP contribution is -2.13. The van der Waals surface area contributed by atoms with Gasteiger partial charge in [0.25, 0.3) is 0 Å². The number of nitrogens with one attached hydrogen (secondary N) is 1. The van der Waals surface area contributed by atoms with Crippen molar-refractivity contribution in [1.82, 2.24) is 5.32 Å². The number of hydrogen-bond acceptors (Lipinski definition) is 2. The number of halogens is 2. The first-order valence-electron chi connectivity index (χ1n) is 5.28. The first kappa shape index (κ1) is 10.9. The van der Waals surface area contributed by atoms with Crippen LogP contribution in [0.25, 0.3) is 11.0 Å². The second-order valence-corrected chi connectivity index (χ2v) is 5.00. The predicted molar refractivity (Wildman–Crippen MR) is 66.6 cm³/mol. The molecule has 88 valence electrons. The van der Waals surface area contributed by atoms with E-state index in [-0.39, 0.29) is 11.8 Å². The van der Waals surface area contributed by atoms with Crippen molar-refractivity contribution in [2.24, 2.45) is 0 Å². The topological polar surface area (TPSA) is 42.2 Å². The van der Waals surface area contributed by atoms with Crippen molar-refractivity contribution in [3.63, 3.8) is 0 Å². The van der Waals surface area contributed by atoms with Crippen LogP contribution in [0, 0.1) is 0 Å². The van der Waals surface area contributed by atoms with Gasteiger partial charge in [0, 0.05) is 29.3 Å². The summed E-state index contributed by atoms with van der Waals surface area (Å²) in [5.74, 6) is 0.923. The third kappa shape index (κ3) is 1.90. The standard InChI is InChI=1S/C12H9Cl2NO2/c13-8-1-6-2-10(7-3-11(16)15-5-7)17-12(6)9(14)4-8/h1-2,4,7H,3,5H2,(H,15,16). The van der Waals surface area contributed by atoms with Crippen LogP contribution in [-0.2, 0) is 4.79 Å². The maximum absolute atomic E-state index is 11.2. The van der Waals surface area contributed by atoms with Gasteiger partial charge in [-0.15, -0.1) is 0 Å². The van der Waals surface area contributed by atoms with Gasteiger partial charge in [-0.3, -0.25) is 4.79 Å². The molecule has 3 rings (SSSR count). The molecule has 1 atom stereocenters. The smallest absolute Gasteiger partial charge is 0.220 e. The summed E-state index contributed by atoms with van der Waals surface area (Å²) < 4.78 is 5.70. The molecule has 0 radical (unpaired) electrons. The van der Waals surface area contributed by atoms with Gasteiger partial charge >= 0.3 is 0 Å². The van der Waals surface area contributed by atoms with E-state index >= 15 is 0 Å². The number of hydrogen-bond donors (Lipinski definition) is 1. The van der Waals surface area contributed by atoms with Crippen LogP contribution >= 0.6 is 23.2 Å². The maximum Gasteiger partial charge on any atom is 0.220 e. The fourth-order valence-corrected chi connectivity index (χ4v) is 2.65. The van der Waals surface area contributed by atoms with Gasteiger partial charge < -0.3 is 9.73 Å². The van der Waals surface area contributed by atoms with E-state index < -0.39 is 0 Å². The quantitative estimate of drug-likeness (QED) is 0.863. The Morgan fingerprint density at radius 3 is 2.82 bits per heavy atom. The van der Waals surface area contributed by atoms with Gasteiger partial charge in [-0.05, 0) is 18.2 Å². The van der Waals surface area contributed by atoms with Crippen LogP contribution in [0.4, 0.5) is 0 Å². The molecular formula is C12H9Cl2NO2. The number of rotatable bonds is 1. The molecule has 1 amide bonds. The molecule has 3 nitrogen and oxygen atoms in total. The summed E-state index contributed by atoms with van der Waals surface area (Å²) in [5, 5.41) is 4.73. The summed E-state index contributed by atoms with van der Waals surface area (Å²) in [6.07, 6.45) is 0.463. The van der Waals surface area contributed by atoms with Gasteiger partial charge in [0.15, 0.2) is 5.58 Å². The van der Waals surface area contributed by atoms with E-state index in [0.717, 1.165) is 11.1 Å². The van der Waals surface area contributed by atoms with E-state index in [0.29, 0.717) is 28.6 Å². The number of carbonyl (C=O) groups is 1. The highest BCUT2D eigenvalue weighted by atomic mass is 35.5. The predicted octanol–water partition coefficient (Wildman–Crippen LogP) is 3.34. The zero-order valence-electron chi connectivity index (χ0n) is 8.80. The minimum Gasteiger partial charge on any atom is -0.459 e. The van der Waals surface area contributed by atoms with E-state index in [1.165, 1.54) is 0 Å². The maximum atomic E-state index is 11.2. The van der Waals surface area contributed by atoms with Gasteiger partial charge in [0.1, 0.15) is 5.76 Å². The molecule has 2 aromatic rings. The molecule has 1 aromatic carbocycles. The lowest BCUT2D eigenvalue weighted by Gasteiger charge is -2.00. The van der Waals surface area contributed by atoms with E-state index in [1.54, 1.807) is 12.1 Å². The van der Waals surface area contributed by atoms with E-state index in [1.807, 2.05) is 6.07 Å². The van der Waals surface area contributed by atoms with Gasteiger partial charge in [-0.1, -0.05) is 23.2 Å². The molecule has 0 aliphatic carbocycles. The average Bonchev–Trinajstić information content (AvgIpc) is 2.83. The second-order valence-electron chi connectivity index (χ2n) is 4.16. The Labute approximate surface area is 108 Å². The van der Waals surface area contributed by atoms with Crippen molar-refractivity contribution < 1.29 is 9.21 Å². The summed E-state index contributed by atoms with van der Waals surface area (Å²) in [4.78, 5) is 11.2. The zero-order chi connectivity index (χ0) is 12.0. The highest BCUT2D eigenvalue weighted by Crippen LogP contribution is 2.34. The summed E-state index contributed by atoms with van der Waals surface area (Å²) in [6.45, 7) is 0.615. The van der Waals surface area contributed by atoms with Crippen molar-refractivity contribution >= 4 is 40.1 Å². The van der Waals surface area contributed by atoms with Crippen molar-refractivity contribution in [3.05, 3.63) is 34.0 Å². The van der Waals surface area contributed by atoms with Crippen molar-refractivity contribution in [2.75, 3.05) is 6.54 Å². The highest BCUT2D eigenvalue weighted by molar-refractivity contribution is 6.38. The van der Waals surface area contributed by atoms with Gasteiger partial charge in [-0.2, -0.15) is 0 Å². The van der Waals surface area contributed by atoms with Crippen LogP contribution in [-0.4, -0.2) is 12.5 Å². The average molecular weight is 270 g/mol. The molecule has 2 heterocycles. The van der Waals surface area contributed by atoms with Crippen LogP contribution in [0.3, 0.4) is 0 Å². The summed E-state index contributed by atoms with van der Waals surface area (Å²) >= 11 is 12.0. The first-order valence-corrected chi connectivity index (χ1v) is 6.04. The number of furan rings is 1. The van der Waals surface area contributed by atoms with Crippen LogP contribution in [0.15, 0.2) is 22.6 Å². The molecule has 0 bridgehead atoms. The number of fused-ring (bicyclic) bond motifs is 1. The van der Waals surface area contributed by atoms with Crippen LogP contribution in [0.2, 0.25) is 10.0 Å². The lowest BCUT2D eigenvalue weighted by atomic mass is 10.1. The third-order valence-electron chi connectivity index (χ3n) is 2.93. The molecule has 1 unspecified atom stereocenters. The van der Waals surface area contributed by atoms with Gasteiger partial charge in [0.05, 0.1) is 5.02 Å². The summed E-state index contributed by atoms with van der Waals surface area (Å²) in [6, 6.07) is 5.36. The fraction of sp³-hybridized carbons (Fsp3) is 0.250. The number of carbonyl (C=O) groups excluding carboxylic acids is 1. The monoisotopic (exact) mass is 269 g/mol. The molecule has 0 spiro atoms. The molecule has 17 heavy (non-hydrogen) atoms. The number of amides is 1. The largest absolute Gasteiger partial charge is 0.459 e. The number of benzene rings is 1. The van der Waals surface area contributed by atoms with Crippen LogP contribution < -0.4 is 5.32 Å². The lowest BCUT2D eigenvalue weighted by molar-refractivity contribution is -0.119. The van der Waals surface area contributed by atoms with Crippen LogP contribution in [0.5, 0.6) is 0 Å². The Bertz CT molecular complexity index is 606. The molecular weight excluding hydrogens is 261 g/mol. The fourth-order valence-electron chi connectivity index (χ4n) is 2.10. The van der Waals surface area contributed by atoms with E-state index in [9.17, 15) is 4.79 Å². The SMILES string of the molecule is O=C1CC(c2cc3cc(Cl)cc(Cl)c3o2)CN1. The first-order chi connectivity index (χ1) is 8.13. The molecule has 1 N–H and O–H groups in total. The Hall–Kier alpha value is -1.19. The summed E-state index contributed by atoms with van der Waals surface area (Å²) in [5.41, 5.74) is 0.630. The highest BCUT2D eigenvalue weighted by Gasteiger charge is 2.26. The van der Waals surface area contributed by atoms with E-state index in [2.05, 4.69) is 5.32 Å². The minimum atomic E-state index is 0.0552. The van der Waals surface area contributed by atoms with Crippen molar-refractivity contribution in [2.45, 2.75) is 12.3 Å². The molecule has 5 heteroatoms. The minimum absolute atomic E-state index is 0.0552. The zero-order valence-corrected chi connectivity index (χ0v) is 10.3. The van der Waals surface area contributed by atoms with Crippen molar-refractivity contribution in [3.8, 4) is 0 Å². The molecule has 1 aliphatic heterocycles. The Balaban J connectivity index is 2.07. The van der Waals surface area contributed by atoms with Crippen molar-refractivity contribution in [1.29, 1.82) is 0 Å². The van der Waals surface area contributed by atoms with E-state index in [4.69, 9.17) is 27.6 Å². The van der Waals surface area contributed by atoms with Gasteiger partial charge in [0.2, 0.25) is 5.91 Å². The molecule has 0 saturated carbocycles. The molecule has 1 saturated heterocycles. The molecule has 1 aromatic heterocycles. The summed E-state index contributed by atoms with van der Waals surface area (Å²) in [7, 11) is 0. The Kier molecular flexibility index (Phi) is 2.53. The normalized spacial score (nSPS) is 19.9. The third-order valence-corrected chi connectivity index (χ3v) is 3.43. The molecule has 1 aliphatic rings. The van der Waals surface area contributed by atoms with Gasteiger partial charge in [-0.25, -0.2) is 0 Å². The second kappa shape index (κ2) is 3.93. The molecule has 1 fully saturated rings.